The van der Waals surface area contributed by atoms with Crippen molar-refractivity contribution in [1.82, 2.24) is 0 Å². The molecule has 0 heterocycles. The van der Waals surface area contributed by atoms with Crippen molar-refractivity contribution in [3.05, 3.63) is 95.6 Å². The van der Waals surface area contributed by atoms with Gasteiger partial charge in [-0.1, -0.05) is 100 Å². The van der Waals surface area contributed by atoms with Crippen molar-refractivity contribution in [2.75, 3.05) is 0 Å². The number of benzene rings is 3. The molecule has 2 nitrogen and oxygen atoms in total. The first-order valence-corrected chi connectivity index (χ1v) is 13.1. The molecule has 0 aliphatic carbocycles. The molecule has 2 heteroatoms. The van der Waals surface area contributed by atoms with Gasteiger partial charge in [-0.25, -0.2) is 0 Å². The fourth-order valence-electron chi connectivity index (χ4n) is 4.21. The van der Waals surface area contributed by atoms with E-state index >= 15 is 0 Å². The topological polar surface area (TPSA) is 24.7 Å². The Hall–Kier alpha value is -3.00. The lowest BCUT2D eigenvalue weighted by atomic mass is 10.0. The number of nitrogens with zero attached hydrogens (tertiary/aromatic N) is 2. The van der Waals surface area contributed by atoms with Gasteiger partial charge in [0.1, 0.15) is 0 Å². The summed E-state index contributed by atoms with van der Waals surface area (Å²) in [5, 5.41) is 0. The van der Waals surface area contributed by atoms with Gasteiger partial charge in [-0.2, -0.15) is 0 Å². The number of hydrogen-bond donors (Lipinski definition) is 0. The molecule has 0 spiro atoms. The van der Waals surface area contributed by atoms with Crippen LogP contribution in [0.5, 0.6) is 0 Å². The molecule has 34 heavy (non-hydrogen) atoms. The monoisotopic (exact) mass is 452 g/mol. The maximum absolute atomic E-state index is 5.27. The van der Waals surface area contributed by atoms with Crippen molar-refractivity contribution >= 4 is 22.8 Å². The van der Waals surface area contributed by atoms with E-state index in [0.29, 0.717) is 0 Å². The molecule has 0 radical (unpaired) electrons. The Labute approximate surface area is 206 Å². The maximum Gasteiger partial charge on any atom is 0.0665 e. The van der Waals surface area contributed by atoms with E-state index in [1.165, 1.54) is 42.4 Å². The van der Waals surface area contributed by atoms with E-state index in [4.69, 9.17) is 9.98 Å². The molecule has 3 rings (SSSR count). The van der Waals surface area contributed by atoms with Gasteiger partial charge in [-0.3, -0.25) is 9.98 Å². The van der Waals surface area contributed by atoms with E-state index in [9.17, 15) is 0 Å². The number of aryl methyl sites for hydroxylation is 3. The van der Waals surface area contributed by atoms with Gasteiger partial charge in [0.2, 0.25) is 0 Å². The lowest BCUT2D eigenvalue weighted by Crippen LogP contribution is -2.14. The summed E-state index contributed by atoms with van der Waals surface area (Å²) in [6.07, 6.45) is 9.62. The fraction of sp³-hybridized carbons (Fsp3) is 0.375. The minimum atomic E-state index is 0.868. The van der Waals surface area contributed by atoms with Gasteiger partial charge in [0.15, 0.2) is 0 Å². The van der Waals surface area contributed by atoms with Gasteiger partial charge in [-0.05, 0) is 73.8 Å². The molecule has 0 aliphatic heterocycles. The highest BCUT2D eigenvalue weighted by atomic mass is 14.8. The van der Waals surface area contributed by atoms with Crippen LogP contribution in [0.4, 0.5) is 11.4 Å². The SMILES string of the molecule is CCCCc1ccccc1N=C(CC)C(CCc1ccccc1)=Nc1ccccc1CCCC. The molecule has 3 aromatic rings. The van der Waals surface area contributed by atoms with E-state index in [-0.39, 0.29) is 0 Å². The Balaban J connectivity index is 2.00. The first-order valence-electron chi connectivity index (χ1n) is 13.1. The highest BCUT2D eigenvalue weighted by Gasteiger charge is 2.12. The molecule has 0 atom stereocenters. The minimum absolute atomic E-state index is 0.868. The summed E-state index contributed by atoms with van der Waals surface area (Å²) >= 11 is 0. The quantitative estimate of drug-likeness (QED) is 0.231. The third-order valence-corrected chi connectivity index (χ3v) is 6.25. The Morgan fingerprint density at radius 1 is 0.559 bits per heavy atom. The molecule has 0 fully saturated rings. The van der Waals surface area contributed by atoms with Crippen molar-refractivity contribution < 1.29 is 0 Å². The molecule has 0 saturated heterocycles. The van der Waals surface area contributed by atoms with Crippen molar-refractivity contribution in [3.63, 3.8) is 0 Å². The number of aliphatic imine (C=N–C) groups is 2. The molecular formula is C32H40N2. The number of rotatable bonds is 13. The molecule has 0 bridgehead atoms. The van der Waals surface area contributed by atoms with Gasteiger partial charge >= 0.3 is 0 Å². The zero-order chi connectivity index (χ0) is 24.0. The molecule has 0 amide bonds. The van der Waals surface area contributed by atoms with E-state index in [0.717, 1.165) is 54.9 Å². The average Bonchev–Trinajstić information content (AvgIpc) is 2.89. The van der Waals surface area contributed by atoms with Crippen LogP contribution in [0.2, 0.25) is 0 Å². The van der Waals surface area contributed by atoms with Crippen molar-refractivity contribution in [1.29, 1.82) is 0 Å². The molecule has 0 aromatic heterocycles. The van der Waals surface area contributed by atoms with Crippen molar-refractivity contribution in [2.45, 2.75) is 78.6 Å². The summed E-state index contributed by atoms with van der Waals surface area (Å²) in [6.45, 7) is 6.69. The summed E-state index contributed by atoms with van der Waals surface area (Å²) in [5.41, 5.74) is 8.42. The zero-order valence-electron chi connectivity index (χ0n) is 21.3. The number of hydrogen-bond acceptors (Lipinski definition) is 2. The molecule has 0 N–H and O–H groups in total. The average molecular weight is 453 g/mol. The second kappa shape index (κ2) is 14.3. The summed E-state index contributed by atoms with van der Waals surface area (Å²) in [5.74, 6) is 0. The van der Waals surface area contributed by atoms with Crippen LogP contribution in [0.3, 0.4) is 0 Å². The predicted molar refractivity (Wildman–Crippen MR) is 149 cm³/mol. The van der Waals surface area contributed by atoms with Gasteiger partial charge in [0.05, 0.1) is 22.8 Å². The van der Waals surface area contributed by atoms with Crippen LogP contribution in [0.25, 0.3) is 0 Å². The first-order chi connectivity index (χ1) is 16.7. The van der Waals surface area contributed by atoms with Crippen LogP contribution in [-0.2, 0) is 19.3 Å². The maximum atomic E-state index is 5.27. The van der Waals surface area contributed by atoms with Crippen molar-refractivity contribution in [2.24, 2.45) is 9.98 Å². The Morgan fingerprint density at radius 3 is 1.59 bits per heavy atom. The molecule has 0 aliphatic rings. The molecule has 178 valence electrons. The third kappa shape index (κ3) is 7.80. The van der Waals surface area contributed by atoms with Gasteiger partial charge in [-0.15, -0.1) is 0 Å². The van der Waals surface area contributed by atoms with Gasteiger partial charge in [0.25, 0.3) is 0 Å². The van der Waals surface area contributed by atoms with Crippen LogP contribution < -0.4 is 0 Å². The lowest BCUT2D eigenvalue weighted by molar-refractivity contribution is 0.795. The van der Waals surface area contributed by atoms with E-state index < -0.39 is 0 Å². The molecular weight excluding hydrogens is 412 g/mol. The molecule has 0 saturated carbocycles. The minimum Gasteiger partial charge on any atom is -0.251 e. The Morgan fingerprint density at radius 2 is 1.06 bits per heavy atom. The summed E-state index contributed by atoms with van der Waals surface area (Å²) in [6, 6.07) is 28.0. The first kappa shape index (κ1) is 25.6. The van der Waals surface area contributed by atoms with Gasteiger partial charge in [0, 0.05) is 0 Å². The van der Waals surface area contributed by atoms with Crippen LogP contribution in [0, 0.1) is 0 Å². The third-order valence-electron chi connectivity index (χ3n) is 6.25. The van der Waals surface area contributed by atoms with Crippen LogP contribution in [0.1, 0.15) is 76.0 Å². The molecule has 3 aromatic carbocycles. The predicted octanol–water partition coefficient (Wildman–Crippen LogP) is 9.26. The fourth-order valence-corrected chi connectivity index (χ4v) is 4.21. The smallest absolute Gasteiger partial charge is 0.0665 e. The second-order valence-corrected chi connectivity index (χ2v) is 8.92. The van der Waals surface area contributed by atoms with Crippen LogP contribution in [-0.4, -0.2) is 11.4 Å². The van der Waals surface area contributed by atoms with Gasteiger partial charge < -0.3 is 0 Å². The Bertz CT molecular complexity index is 1060. The van der Waals surface area contributed by atoms with E-state index in [2.05, 4.69) is 99.6 Å². The highest BCUT2D eigenvalue weighted by molar-refractivity contribution is 6.43. The number of para-hydroxylation sites is 2. The normalized spacial score (nSPS) is 12.2. The van der Waals surface area contributed by atoms with E-state index in [1.807, 2.05) is 0 Å². The highest BCUT2D eigenvalue weighted by Crippen LogP contribution is 2.25. The Kier molecular flexibility index (Phi) is 10.8. The largest absolute Gasteiger partial charge is 0.251 e. The summed E-state index contributed by atoms with van der Waals surface area (Å²) < 4.78 is 0. The van der Waals surface area contributed by atoms with Crippen LogP contribution >= 0.6 is 0 Å². The lowest BCUT2D eigenvalue weighted by Gasteiger charge is -2.13. The zero-order valence-corrected chi connectivity index (χ0v) is 21.3. The molecule has 0 unspecified atom stereocenters. The summed E-state index contributed by atoms with van der Waals surface area (Å²) in [7, 11) is 0. The summed E-state index contributed by atoms with van der Waals surface area (Å²) in [4.78, 5) is 10.5. The van der Waals surface area contributed by atoms with E-state index in [1.54, 1.807) is 0 Å². The van der Waals surface area contributed by atoms with Crippen LogP contribution in [0.15, 0.2) is 88.8 Å². The standard InChI is InChI=1S/C32H40N2/c1-4-7-18-27-20-12-14-22-30(27)33-29(6-3)32(25-24-26-16-10-9-11-17-26)34-31-23-15-13-21-28(31)19-8-5-2/h9-17,20-23H,4-8,18-19,24-25H2,1-3H3. The second-order valence-electron chi connectivity index (χ2n) is 8.92. The van der Waals surface area contributed by atoms with Crippen molar-refractivity contribution in [3.8, 4) is 0 Å². The number of unbranched alkanes of at least 4 members (excludes halogenated alkanes) is 2.